The maximum absolute atomic E-state index is 12.6. The molecule has 3 unspecified atom stereocenters. The Labute approximate surface area is 170 Å². The Morgan fingerprint density at radius 3 is 2.71 bits per heavy atom. The van der Waals surface area contributed by atoms with Crippen molar-refractivity contribution in [3.05, 3.63) is 0 Å². The molecule has 8 heteroatoms. The minimum absolute atomic E-state index is 0.0126. The molecular weight excluding hydrogens is 376 g/mol. The van der Waals surface area contributed by atoms with E-state index in [1.165, 1.54) is 18.2 Å². The van der Waals surface area contributed by atoms with Crippen molar-refractivity contribution in [2.24, 2.45) is 16.8 Å². The number of ether oxygens (including phenoxy) is 1. The zero-order chi connectivity index (χ0) is 19.5. The highest BCUT2D eigenvalue weighted by molar-refractivity contribution is 8.15. The van der Waals surface area contributed by atoms with Crippen LogP contribution in [0.25, 0.3) is 0 Å². The first-order chi connectivity index (χ1) is 13.6. The van der Waals surface area contributed by atoms with Crippen LogP contribution in [0.4, 0.5) is 0 Å². The normalized spacial score (nSPS) is 35.8. The van der Waals surface area contributed by atoms with Gasteiger partial charge in [0.25, 0.3) is 0 Å². The second-order valence-electron chi connectivity index (χ2n) is 8.43. The molecule has 2 saturated carbocycles. The van der Waals surface area contributed by atoms with E-state index in [4.69, 9.17) is 10.1 Å². The van der Waals surface area contributed by atoms with E-state index in [0.29, 0.717) is 19.1 Å². The summed E-state index contributed by atoms with van der Waals surface area (Å²) in [5.41, 5.74) is 0. The van der Waals surface area contributed by atoms with E-state index in [1.807, 2.05) is 0 Å². The number of hydrogen-bond acceptors (Lipinski definition) is 6. The number of aliphatic imine (C=N–C) groups is 1. The predicted molar refractivity (Wildman–Crippen MR) is 110 cm³/mol. The van der Waals surface area contributed by atoms with Gasteiger partial charge in [-0.25, -0.2) is 0 Å². The molecule has 154 valence electrons. The molecule has 3 fully saturated rings. The highest BCUT2D eigenvalue weighted by atomic mass is 32.2. The summed E-state index contributed by atoms with van der Waals surface area (Å²) in [6, 6.07) is 0.206. The van der Waals surface area contributed by atoms with Gasteiger partial charge in [0.2, 0.25) is 11.8 Å². The predicted octanol–water partition coefficient (Wildman–Crippen LogP) is 2.55. The van der Waals surface area contributed by atoms with Crippen LogP contribution in [-0.2, 0) is 14.3 Å². The van der Waals surface area contributed by atoms with Crippen molar-refractivity contribution in [1.82, 2.24) is 10.2 Å². The summed E-state index contributed by atoms with van der Waals surface area (Å²) in [5.74, 6) is 0.834. The molecule has 4 aliphatic rings. The maximum Gasteiger partial charge on any atom is 0.239 e. The lowest BCUT2D eigenvalue weighted by atomic mass is 9.83. The standard InChI is InChI=1S/C20H30N4O3S/c21-20-23-18(25)17(28-20)11-13-5-7-14(8-6-13)27-10-9-24-12-22-16-4-2-1-3-15(16)19(24)26/h12-17H,1-11H2,(H2,21,23,25). The minimum atomic E-state index is -0.0945. The molecule has 7 nitrogen and oxygen atoms in total. The monoisotopic (exact) mass is 406 g/mol. The average Bonchev–Trinajstić information content (AvgIpc) is 3.02. The summed E-state index contributed by atoms with van der Waals surface area (Å²) < 4.78 is 6.05. The van der Waals surface area contributed by atoms with Gasteiger partial charge >= 0.3 is 0 Å². The smallest absolute Gasteiger partial charge is 0.239 e. The van der Waals surface area contributed by atoms with E-state index >= 15 is 0 Å². The number of amides is 2. The SMILES string of the molecule is N=C1NC(=O)C(CC2CCC(OCCN3C=NC4CCCCC4C3=O)CC2)S1. The fraction of sp³-hybridized carbons (Fsp3) is 0.800. The molecule has 2 aliphatic carbocycles. The Hall–Kier alpha value is -1.41. The topological polar surface area (TPSA) is 94.8 Å². The Balaban J connectivity index is 1.15. The van der Waals surface area contributed by atoms with Crippen molar-refractivity contribution in [2.45, 2.75) is 75.2 Å². The molecule has 4 rings (SSSR count). The van der Waals surface area contributed by atoms with Gasteiger partial charge in [-0.2, -0.15) is 0 Å². The van der Waals surface area contributed by atoms with Crippen LogP contribution in [-0.4, -0.2) is 58.8 Å². The Morgan fingerprint density at radius 2 is 1.96 bits per heavy atom. The van der Waals surface area contributed by atoms with Gasteiger partial charge in [-0.05, 0) is 50.9 Å². The largest absolute Gasteiger partial charge is 0.376 e. The molecule has 2 amide bonds. The molecule has 2 aliphatic heterocycles. The minimum Gasteiger partial charge on any atom is -0.376 e. The summed E-state index contributed by atoms with van der Waals surface area (Å²) >= 11 is 1.35. The number of carbonyl (C=O) groups is 2. The van der Waals surface area contributed by atoms with Crippen LogP contribution in [0, 0.1) is 17.2 Å². The van der Waals surface area contributed by atoms with E-state index in [9.17, 15) is 9.59 Å². The number of nitrogens with zero attached hydrogens (tertiary/aromatic N) is 2. The van der Waals surface area contributed by atoms with Crippen LogP contribution in [0.3, 0.4) is 0 Å². The molecule has 0 aromatic rings. The number of rotatable bonds is 6. The highest BCUT2D eigenvalue weighted by Gasteiger charge is 2.36. The van der Waals surface area contributed by atoms with Crippen molar-refractivity contribution in [3.63, 3.8) is 0 Å². The lowest BCUT2D eigenvalue weighted by Gasteiger charge is -2.35. The first-order valence-electron chi connectivity index (χ1n) is 10.6. The molecule has 2 heterocycles. The maximum atomic E-state index is 12.6. The van der Waals surface area contributed by atoms with E-state index in [1.54, 1.807) is 11.2 Å². The third-order valence-electron chi connectivity index (χ3n) is 6.54. The van der Waals surface area contributed by atoms with Gasteiger partial charge < -0.3 is 15.0 Å². The van der Waals surface area contributed by atoms with Crippen LogP contribution in [0.5, 0.6) is 0 Å². The van der Waals surface area contributed by atoms with Gasteiger partial charge in [0.15, 0.2) is 5.17 Å². The fourth-order valence-corrected chi connectivity index (χ4v) is 5.89. The molecule has 0 aromatic heterocycles. The quantitative estimate of drug-likeness (QED) is 0.709. The van der Waals surface area contributed by atoms with E-state index in [-0.39, 0.29) is 40.3 Å². The summed E-state index contributed by atoms with van der Waals surface area (Å²) in [4.78, 5) is 30.8. The first kappa shape index (κ1) is 19.9. The number of amidine groups is 1. The van der Waals surface area contributed by atoms with Crippen molar-refractivity contribution in [1.29, 1.82) is 5.41 Å². The van der Waals surface area contributed by atoms with Gasteiger partial charge in [-0.1, -0.05) is 24.6 Å². The number of hydrogen-bond donors (Lipinski definition) is 2. The molecule has 0 radical (unpaired) electrons. The summed E-state index contributed by atoms with van der Waals surface area (Å²) in [7, 11) is 0. The number of fused-ring (bicyclic) bond motifs is 1. The summed E-state index contributed by atoms with van der Waals surface area (Å²) in [5, 5.41) is 10.3. The lowest BCUT2D eigenvalue weighted by Crippen LogP contribution is -2.46. The number of carbonyl (C=O) groups excluding carboxylic acids is 2. The first-order valence-corrected chi connectivity index (χ1v) is 11.5. The van der Waals surface area contributed by atoms with Crippen LogP contribution >= 0.6 is 11.8 Å². The fourth-order valence-electron chi connectivity index (χ4n) is 4.91. The van der Waals surface area contributed by atoms with Gasteiger partial charge in [0.1, 0.15) is 0 Å². The zero-order valence-electron chi connectivity index (χ0n) is 16.3. The van der Waals surface area contributed by atoms with E-state index in [2.05, 4.69) is 10.3 Å². The highest BCUT2D eigenvalue weighted by Crippen LogP contribution is 2.34. The third kappa shape index (κ3) is 4.59. The molecule has 2 N–H and O–H groups in total. The summed E-state index contributed by atoms with van der Waals surface area (Å²) in [6.45, 7) is 1.15. The molecule has 0 aromatic carbocycles. The van der Waals surface area contributed by atoms with Gasteiger partial charge in [0, 0.05) is 0 Å². The second kappa shape index (κ2) is 8.95. The van der Waals surface area contributed by atoms with Crippen LogP contribution in [0.2, 0.25) is 0 Å². The molecule has 0 bridgehead atoms. The molecule has 0 spiro atoms. The number of thioether (sulfide) groups is 1. The zero-order valence-corrected chi connectivity index (χ0v) is 17.1. The van der Waals surface area contributed by atoms with Crippen molar-refractivity contribution in [2.75, 3.05) is 13.2 Å². The van der Waals surface area contributed by atoms with Crippen molar-refractivity contribution < 1.29 is 14.3 Å². The van der Waals surface area contributed by atoms with E-state index in [0.717, 1.165) is 51.4 Å². The van der Waals surface area contributed by atoms with Gasteiger partial charge in [0.05, 0.1) is 42.8 Å². The van der Waals surface area contributed by atoms with Crippen LogP contribution in [0.15, 0.2) is 4.99 Å². The Kier molecular flexibility index (Phi) is 6.35. The Bertz CT molecular complexity index is 647. The van der Waals surface area contributed by atoms with Crippen molar-refractivity contribution in [3.8, 4) is 0 Å². The van der Waals surface area contributed by atoms with Crippen LogP contribution < -0.4 is 5.32 Å². The van der Waals surface area contributed by atoms with Crippen LogP contribution in [0.1, 0.15) is 57.8 Å². The average molecular weight is 407 g/mol. The Morgan fingerprint density at radius 1 is 1.18 bits per heavy atom. The van der Waals surface area contributed by atoms with Gasteiger partial charge in [-0.15, -0.1) is 0 Å². The molecule has 3 atom stereocenters. The second-order valence-corrected chi connectivity index (χ2v) is 9.64. The van der Waals surface area contributed by atoms with Crippen molar-refractivity contribution >= 4 is 35.1 Å². The summed E-state index contributed by atoms with van der Waals surface area (Å²) in [6.07, 6.45) is 11.3. The van der Waals surface area contributed by atoms with E-state index < -0.39 is 0 Å². The molecule has 28 heavy (non-hydrogen) atoms. The lowest BCUT2D eigenvalue weighted by molar-refractivity contribution is -0.134. The third-order valence-corrected chi connectivity index (χ3v) is 7.57. The van der Waals surface area contributed by atoms with Gasteiger partial charge in [-0.3, -0.25) is 20.0 Å². The molecule has 1 saturated heterocycles. The number of nitrogens with one attached hydrogen (secondary N) is 2. The molecular formula is C20H30N4O3S.